The van der Waals surface area contributed by atoms with Gasteiger partial charge in [0.1, 0.15) is 0 Å². The smallest absolute Gasteiger partial charge is 0.0972 e. The number of hydrogen-bond acceptors (Lipinski definition) is 5. The van der Waals surface area contributed by atoms with E-state index in [9.17, 15) is 15.3 Å². The van der Waals surface area contributed by atoms with Crippen LogP contribution in [-0.2, 0) is 0 Å². The van der Waals surface area contributed by atoms with Gasteiger partial charge in [-0.05, 0) is 119 Å². The van der Waals surface area contributed by atoms with Gasteiger partial charge in [0.2, 0.25) is 0 Å². The highest BCUT2D eigenvalue weighted by Gasteiger charge is 2.65. The molecule has 0 amide bonds. The zero-order valence-corrected chi connectivity index (χ0v) is 21.8. The zero-order chi connectivity index (χ0) is 25.0. The largest absolute Gasteiger partial charge is 0.393 e. The Labute approximate surface area is 209 Å². The van der Waals surface area contributed by atoms with Crippen LogP contribution in [0.1, 0.15) is 76.0 Å². The van der Waals surface area contributed by atoms with E-state index in [4.69, 9.17) is 0 Å². The van der Waals surface area contributed by atoms with E-state index in [0.717, 1.165) is 55.1 Å². The van der Waals surface area contributed by atoms with Gasteiger partial charge in [0, 0.05) is 17.0 Å². The average molecular weight is 482 g/mol. The molecule has 0 saturated heterocycles. The van der Waals surface area contributed by atoms with E-state index in [1.807, 2.05) is 14.1 Å². The first kappa shape index (κ1) is 24.9. The minimum atomic E-state index is -1.07. The van der Waals surface area contributed by atoms with Crippen LogP contribution in [0.5, 0.6) is 0 Å². The second kappa shape index (κ2) is 8.98. The number of aliphatic hydroxyl groups is 3. The number of aliphatic hydroxyl groups excluding tert-OH is 1. The summed E-state index contributed by atoms with van der Waals surface area (Å²) in [5, 5.41) is 45.8. The summed E-state index contributed by atoms with van der Waals surface area (Å²) >= 11 is 0. The van der Waals surface area contributed by atoms with Crippen LogP contribution in [0.3, 0.4) is 0 Å². The van der Waals surface area contributed by atoms with E-state index < -0.39 is 11.2 Å². The topological polar surface area (TPSA) is 101 Å². The highest BCUT2D eigenvalue weighted by atomic mass is 16.4. The molecule has 3 fully saturated rings. The van der Waals surface area contributed by atoms with Gasteiger partial charge in [-0.25, -0.2) is 0 Å². The fourth-order valence-electron chi connectivity index (χ4n) is 8.16. The lowest BCUT2D eigenvalue weighted by Crippen LogP contribution is -2.64. The Morgan fingerprint density at radius 1 is 1.06 bits per heavy atom. The molecule has 35 heavy (non-hydrogen) atoms. The molecule has 0 aliphatic heterocycles. The van der Waals surface area contributed by atoms with Gasteiger partial charge in [0.15, 0.2) is 0 Å². The van der Waals surface area contributed by atoms with Crippen LogP contribution in [0.15, 0.2) is 24.3 Å². The molecule has 1 heterocycles. The molecule has 1 aromatic carbocycles. The van der Waals surface area contributed by atoms with E-state index in [-0.39, 0.29) is 17.4 Å². The quantitative estimate of drug-likeness (QED) is 0.417. The van der Waals surface area contributed by atoms with Crippen molar-refractivity contribution < 1.29 is 15.3 Å². The van der Waals surface area contributed by atoms with Crippen molar-refractivity contribution in [2.24, 2.45) is 23.2 Å². The molecule has 6 rings (SSSR count). The van der Waals surface area contributed by atoms with Crippen molar-refractivity contribution in [2.45, 2.75) is 88.9 Å². The molecule has 5 N–H and O–H groups in total. The molecular formula is C29H43N3O3. The van der Waals surface area contributed by atoms with Crippen LogP contribution in [0.2, 0.25) is 0 Å². The van der Waals surface area contributed by atoms with Gasteiger partial charge in [-0.3, -0.25) is 5.10 Å². The summed E-state index contributed by atoms with van der Waals surface area (Å²) in [4.78, 5) is 0. The van der Waals surface area contributed by atoms with Crippen LogP contribution in [0.25, 0.3) is 16.5 Å². The maximum Gasteiger partial charge on any atom is 0.0972 e. The number of H-pyrrole nitrogens is 1. The van der Waals surface area contributed by atoms with Crippen LogP contribution < -0.4 is 5.32 Å². The van der Waals surface area contributed by atoms with E-state index in [1.54, 1.807) is 0 Å². The van der Waals surface area contributed by atoms with Crippen molar-refractivity contribution in [2.75, 3.05) is 14.1 Å². The second-order valence-corrected chi connectivity index (χ2v) is 12.1. The summed E-state index contributed by atoms with van der Waals surface area (Å²) in [7, 11) is 3.75. The Kier molecular flexibility index (Phi) is 6.40. The zero-order valence-electron chi connectivity index (χ0n) is 21.8. The second-order valence-electron chi connectivity index (χ2n) is 12.1. The van der Waals surface area contributed by atoms with Crippen molar-refractivity contribution in [1.82, 2.24) is 15.5 Å². The molecule has 0 radical (unpaired) electrons. The van der Waals surface area contributed by atoms with Crippen molar-refractivity contribution in [3.63, 3.8) is 0 Å². The highest BCUT2D eigenvalue weighted by molar-refractivity contribution is 5.86. The fraction of sp³-hybridized carbons (Fsp3) is 0.690. The predicted octanol–water partition coefficient (Wildman–Crippen LogP) is 4.33. The monoisotopic (exact) mass is 481 g/mol. The summed E-state index contributed by atoms with van der Waals surface area (Å²) in [6, 6.07) is 6.48. The Morgan fingerprint density at radius 2 is 1.83 bits per heavy atom. The average Bonchev–Trinajstić information content (AvgIpc) is 3.34. The van der Waals surface area contributed by atoms with Crippen LogP contribution in [0.4, 0.5) is 0 Å². The maximum atomic E-state index is 12.3. The predicted molar refractivity (Wildman–Crippen MR) is 140 cm³/mol. The molecule has 4 aliphatic rings. The number of aryl methyl sites for hydroxylation is 1. The molecule has 6 nitrogen and oxygen atoms in total. The van der Waals surface area contributed by atoms with Gasteiger partial charge < -0.3 is 20.6 Å². The SMILES string of the molecule is CNC.Cc1[nH]nc2ccc(C3=CCC4C3(C)CCC3(O)CC5CC(O)CCC5CC[C@]43O)cc12. The number of benzene rings is 1. The van der Waals surface area contributed by atoms with Crippen molar-refractivity contribution in [3.8, 4) is 0 Å². The molecule has 6 heteroatoms. The van der Waals surface area contributed by atoms with Crippen LogP contribution in [-0.4, -0.2) is 56.9 Å². The third-order valence-electron chi connectivity index (χ3n) is 10.0. The van der Waals surface area contributed by atoms with Gasteiger partial charge in [-0.1, -0.05) is 19.1 Å². The number of nitrogens with zero attached hydrogens (tertiary/aromatic N) is 1. The molecule has 3 saturated carbocycles. The third kappa shape index (κ3) is 3.88. The first-order valence-corrected chi connectivity index (χ1v) is 13.5. The number of rotatable bonds is 1. The van der Waals surface area contributed by atoms with Gasteiger partial charge in [0.25, 0.3) is 0 Å². The summed E-state index contributed by atoms with van der Waals surface area (Å²) in [5.41, 5.74) is 2.31. The Balaban J connectivity index is 0.000000806. The van der Waals surface area contributed by atoms with E-state index in [0.29, 0.717) is 31.1 Å². The number of aromatic nitrogens is 2. The molecule has 1 aromatic heterocycles. The summed E-state index contributed by atoms with van der Waals surface area (Å²) in [6.07, 6.45) is 9.31. The van der Waals surface area contributed by atoms with Gasteiger partial charge in [-0.15, -0.1) is 0 Å². The number of hydrogen-bond donors (Lipinski definition) is 5. The van der Waals surface area contributed by atoms with Crippen LogP contribution in [0, 0.1) is 30.1 Å². The van der Waals surface area contributed by atoms with E-state index in [2.05, 4.69) is 53.6 Å². The molecule has 0 spiro atoms. The first-order valence-electron chi connectivity index (χ1n) is 13.5. The minimum Gasteiger partial charge on any atom is -0.393 e. The molecule has 7 atom stereocenters. The summed E-state index contributed by atoms with van der Waals surface area (Å²) in [6.45, 7) is 4.36. The number of fused-ring (bicyclic) bond motifs is 5. The van der Waals surface area contributed by atoms with Crippen LogP contribution >= 0.6 is 0 Å². The van der Waals surface area contributed by atoms with Gasteiger partial charge >= 0.3 is 0 Å². The third-order valence-corrected chi connectivity index (χ3v) is 10.0. The van der Waals surface area contributed by atoms with Gasteiger partial charge in [0.05, 0.1) is 22.8 Å². The molecule has 6 unspecified atom stereocenters. The lowest BCUT2D eigenvalue weighted by atomic mass is 9.52. The lowest BCUT2D eigenvalue weighted by Gasteiger charge is -2.57. The first-order chi connectivity index (χ1) is 16.6. The highest BCUT2D eigenvalue weighted by Crippen LogP contribution is 2.65. The Hall–Kier alpha value is -1.73. The maximum absolute atomic E-state index is 12.3. The number of aromatic amines is 1. The molecule has 2 aromatic rings. The molecule has 192 valence electrons. The Bertz CT molecular complexity index is 1110. The summed E-state index contributed by atoms with van der Waals surface area (Å²) in [5.74, 6) is 0.862. The number of allylic oxidation sites excluding steroid dienone is 2. The molecular weight excluding hydrogens is 438 g/mol. The standard InChI is InChI=1S/C27H36N2O3.C2H7N/c1-16-21-14-18(4-7-23(21)29-28-16)22-6-8-24-25(22,2)11-12-26(31)15-19-13-20(30)5-3-17(19)9-10-27(24,26)32;1-3-2/h4,6-7,14,17,19-20,24,30-32H,3,5,8-13,15H2,1-2H3,(H,28,29);3H,1-2H3/t17?,19?,20?,24?,25?,26?,27-;/m0./s1. The van der Waals surface area contributed by atoms with Crippen molar-refractivity contribution >= 4 is 16.5 Å². The number of nitrogens with one attached hydrogen (secondary N) is 2. The Morgan fingerprint density at radius 3 is 2.60 bits per heavy atom. The molecule has 0 bridgehead atoms. The minimum absolute atomic E-state index is 0.0231. The van der Waals surface area contributed by atoms with Gasteiger partial charge in [-0.2, -0.15) is 5.10 Å². The van der Waals surface area contributed by atoms with E-state index >= 15 is 0 Å². The van der Waals surface area contributed by atoms with E-state index in [1.165, 1.54) is 11.1 Å². The molecule has 4 aliphatic carbocycles. The normalized spacial score (nSPS) is 40.6. The lowest BCUT2D eigenvalue weighted by molar-refractivity contribution is -0.228. The fourth-order valence-corrected chi connectivity index (χ4v) is 8.16. The summed E-state index contributed by atoms with van der Waals surface area (Å²) < 4.78 is 0. The van der Waals surface area contributed by atoms with Crippen molar-refractivity contribution in [1.29, 1.82) is 0 Å². The van der Waals surface area contributed by atoms with Crippen molar-refractivity contribution in [3.05, 3.63) is 35.5 Å².